The number of nitrogens with one attached hydrogen (secondary N) is 1. The molecule has 0 unspecified atom stereocenters. The molecule has 0 radical (unpaired) electrons. The predicted molar refractivity (Wildman–Crippen MR) is 119 cm³/mol. The molecule has 0 aliphatic carbocycles. The van der Waals surface area contributed by atoms with Gasteiger partial charge >= 0.3 is 0 Å². The standard InChI is InChI=1S/C20H24N2O7S3/c1-30(24,25)17-8-6-16(7-9-17)21-20(23)15-10-12-22(13-11-15)32(28,29)19-5-3-4-18(14-19)31(2,26)27/h3-9,14-15H,10-13H2,1-2H3,(H,21,23). The van der Waals surface area contributed by atoms with Gasteiger partial charge in [0.05, 0.1) is 14.7 Å². The second kappa shape index (κ2) is 8.93. The van der Waals surface area contributed by atoms with E-state index in [1.54, 1.807) is 0 Å². The summed E-state index contributed by atoms with van der Waals surface area (Å²) in [4.78, 5) is 12.5. The van der Waals surface area contributed by atoms with Gasteiger partial charge in [-0.15, -0.1) is 0 Å². The quantitative estimate of drug-likeness (QED) is 0.635. The molecule has 1 N–H and O–H groups in total. The fourth-order valence-corrected chi connectivity index (χ4v) is 6.29. The van der Waals surface area contributed by atoms with Gasteiger partial charge in [0, 0.05) is 37.2 Å². The van der Waals surface area contributed by atoms with Crippen LogP contribution in [0.3, 0.4) is 0 Å². The number of carbonyl (C=O) groups is 1. The highest BCUT2D eigenvalue weighted by atomic mass is 32.2. The van der Waals surface area contributed by atoms with Crippen molar-refractivity contribution in [1.29, 1.82) is 0 Å². The molecule has 1 fully saturated rings. The molecule has 0 spiro atoms. The molecule has 9 nitrogen and oxygen atoms in total. The Bertz CT molecular complexity index is 1330. The molecule has 1 amide bonds. The van der Waals surface area contributed by atoms with Crippen molar-refractivity contribution in [2.75, 3.05) is 30.9 Å². The van der Waals surface area contributed by atoms with E-state index in [9.17, 15) is 30.0 Å². The summed E-state index contributed by atoms with van der Waals surface area (Å²) in [5.41, 5.74) is 0.454. The third-order valence-electron chi connectivity index (χ3n) is 5.25. The van der Waals surface area contributed by atoms with Crippen LogP contribution in [0.5, 0.6) is 0 Å². The third-order valence-corrected chi connectivity index (χ3v) is 9.38. The zero-order chi connectivity index (χ0) is 23.7. The first-order valence-electron chi connectivity index (χ1n) is 9.70. The topological polar surface area (TPSA) is 135 Å². The number of anilines is 1. The molecule has 1 heterocycles. The number of hydrogen-bond acceptors (Lipinski definition) is 7. The monoisotopic (exact) mass is 500 g/mol. The maximum Gasteiger partial charge on any atom is 0.243 e. The van der Waals surface area contributed by atoms with Gasteiger partial charge in [-0.3, -0.25) is 4.79 Å². The Labute approximate surface area is 188 Å². The Morgan fingerprint density at radius 1 is 0.812 bits per heavy atom. The highest BCUT2D eigenvalue weighted by Gasteiger charge is 2.32. The predicted octanol–water partition coefficient (Wildman–Crippen LogP) is 1.53. The summed E-state index contributed by atoms with van der Waals surface area (Å²) in [5, 5.41) is 2.73. The van der Waals surface area contributed by atoms with Crippen molar-refractivity contribution < 1.29 is 30.0 Å². The molecule has 0 bridgehead atoms. The van der Waals surface area contributed by atoms with Crippen LogP contribution in [0.1, 0.15) is 12.8 Å². The number of rotatable bonds is 6. The first-order valence-corrected chi connectivity index (χ1v) is 14.9. The number of nitrogens with zero attached hydrogens (tertiary/aromatic N) is 1. The molecule has 1 aliphatic heterocycles. The number of carbonyl (C=O) groups excluding carboxylic acids is 1. The Kier molecular flexibility index (Phi) is 6.80. The Morgan fingerprint density at radius 2 is 1.34 bits per heavy atom. The number of amides is 1. The summed E-state index contributed by atoms with van der Waals surface area (Å²) in [7, 11) is -10.8. The first-order chi connectivity index (χ1) is 14.8. The maximum absolute atomic E-state index is 12.9. The fraction of sp³-hybridized carbons (Fsp3) is 0.350. The first kappa shape index (κ1) is 24.4. The summed E-state index contributed by atoms with van der Waals surface area (Å²) in [5.74, 6) is -0.674. The molecule has 2 aromatic rings. The molecule has 1 aliphatic rings. The molecule has 12 heteroatoms. The van der Waals surface area contributed by atoms with Crippen molar-refractivity contribution in [3.8, 4) is 0 Å². The van der Waals surface area contributed by atoms with Crippen LogP contribution in [-0.4, -0.2) is 61.1 Å². The number of hydrogen-bond donors (Lipinski definition) is 1. The highest BCUT2D eigenvalue weighted by Crippen LogP contribution is 2.26. The van der Waals surface area contributed by atoms with Crippen LogP contribution in [-0.2, 0) is 34.5 Å². The lowest BCUT2D eigenvalue weighted by Gasteiger charge is -2.30. The van der Waals surface area contributed by atoms with Crippen LogP contribution in [0.25, 0.3) is 0 Å². The summed E-state index contributed by atoms with van der Waals surface area (Å²) >= 11 is 0. The van der Waals surface area contributed by atoms with Gasteiger partial charge in [0.1, 0.15) is 0 Å². The second-order valence-corrected chi connectivity index (χ2v) is 13.7. The van der Waals surface area contributed by atoms with Gasteiger partial charge in [0.25, 0.3) is 0 Å². The summed E-state index contributed by atoms with van der Waals surface area (Å²) in [6.07, 6.45) is 2.72. The Balaban J connectivity index is 1.65. The van der Waals surface area contributed by atoms with Crippen LogP contribution in [0.4, 0.5) is 5.69 Å². The lowest BCUT2D eigenvalue weighted by Crippen LogP contribution is -2.41. The van der Waals surface area contributed by atoms with Crippen molar-refractivity contribution >= 4 is 41.3 Å². The molecule has 0 atom stereocenters. The molecule has 1 saturated heterocycles. The largest absolute Gasteiger partial charge is 0.326 e. The van der Waals surface area contributed by atoms with E-state index >= 15 is 0 Å². The van der Waals surface area contributed by atoms with Gasteiger partial charge in [0.2, 0.25) is 15.9 Å². The smallest absolute Gasteiger partial charge is 0.243 e. The van der Waals surface area contributed by atoms with Gasteiger partial charge in [-0.2, -0.15) is 4.31 Å². The normalized spacial score (nSPS) is 16.6. The maximum atomic E-state index is 12.9. The summed E-state index contributed by atoms with van der Waals surface area (Å²) in [6.45, 7) is 0.243. The van der Waals surface area contributed by atoms with Gasteiger partial charge in [-0.25, -0.2) is 25.3 Å². The van der Waals surface area contributed by atoms with Crippen molar-refractivity contribution in [3.63, 3.8) is 0 Å². The van der Waals surface area contributed by atoms with E-state index in [0.29, 0.717) is 18.5 Å². The van der Waals surface area contributed by atoms with Crippen molar-refractivity contribution in [2.45, 2.75) is 27.5 Å². The van der Waals surface area contributed by atoms with E-state index in [-0.39, 0.29) is 33.7 Å². The van der Waals surface area contributed by atoms with Crippen LogP contribution in [0.15, 0.2) is 63.2 Å². The van der Waals surface area contributed by atoms with Gasteiger partial charge < -0.3 is 5.32 Å². The Morgan fingerprint density at radius 3 is 1.88 bits per heavy atom. The summed E-state index contributed by atoms with van der Waals surface area (Å²) in [6, 6.07) is 11.0. The van der Waals surface area contributed by atoms with Gasteiger partial charge in [0.15, 0.2) is 19.7 Å². The third kappa shape index (κ3) is 5.55. The lowest BCUT2D eigenvalue weighted by molar-refractivity contribution is -0.120. The second-order valence-electron chi connectivity index (χ2n) is 7.71. The molecule has 32 heavy (non-hydrogen) atoms. The minimum Gasteiger partial charge on any atom is -0.326 e. The SMILES string of the molecule is CS(=O)(=O)c1ccc(NC(=O)C2CCN(S(=O)(=O)c3cccc(S(C)(=O)=O)c3)CC2)cc1. The Hall–Kier alpha value is -2.28. The molecule has 174 valence electrons. The fourth-order valence-electron chi connectivity index (χ4n) is 3.40. The number of piperidine rings is 1. The minimum atomic E-state index is -3.89. The lowest BCUT2D eigenvalue weighted by atomic mass is 9.97. The highest BCUT2D eigenvalue weighted by molar-refractivity contribution is 7.91. The van der Waals surface area contributed by atoms with E-state index in [4.69, 9.17) is 0 Å². The van der Waals surface area contributed by atoms with Crippen molar-refractivity contribution in [2.24, 2.45) is 5.92 Å². The van der Waals surface area contributed by atoms with E-state index in [0.717, 1.165) is 18.6 Å². The van der Waals surface area contributed by atoms with Gasteiger partial charge in [-0.1, -0.05) is 6.07 Å². The van der Waals surface area contributed by atoms with E-state index < -0.39 is 35.6 Å². The van der Waals surface area contributed by atoms with Gasteiger partial charge in [-0.05, 0) is 55.3 Å². The average molecular weight is 501 g/mol. The van der Waals surface area contributed by atoms with Crippen LogP contribution < -0.4 is 5.32 Å². The zero-order valence-electron chi connectivity index (χ0n) is 17.6. The van der Waals surface area contributed by atoms with Crippen LogP contribution in [0, 0.1) is 5.92 Å². The molecule has 0 saturated carbocycles. The molecule has 0 aromatic heterocycles. The molecule has 3 rings (SSSR count). The molecular weight excluding hydrogens is 476 g/mol. The van der Waals surface area contributed by atoms with E-state index in [1.165, 1.54) is 46.8 Å². The van der Waals surface area contributed by atoms with E-state index in [2.05, 4.69) is 5.32 Å². The minimum absolute atomic E-state index is 0.0743. The summed E-state index contributed by atoms with van der Waals surface area (Å²) < 4.78 is 73.6. The molecular formula is C20H24N2O7S3. The average Bonchev–Trinajstić information content (AvgIpc) is 2.73. The van der Waals surface area contributed by atoms with Crippen LogP contribution in [0.2, 0.25) is 0 Å². The number of benzene rings is 2. The van der Waals surface area contributed by atoms with Crippen LogP contribution >= 0.6 is 0 Å². The number of sulfone groups is 2. The zero-order valence-corrected chi connectivity index (χ0v) is 20.0. The number of sulfonamides is 1. The van der Waals surface area contributed by atoms with Crippen molar-refractivity contribution in [1.82, 2.24) is 4.31 Å². The van der Waals surface area contributed by atoms with Crippen molar-refractivity contribution in [3.05, 3.63) is 48.5 Å². The van der Waals surface area contributed by atoms with E-state index in [1.807, 2.05) is 0 Å². The molecule has 2 aromatic carbocycles.